The van der Waals surface area contributed by atoms with Gasteiger partial charge in [0.1, 0.15) is 11.5 Å². The smallest absolute Gasteiger partial charge is 0.236 e. The highest BCUT2D eigenvalue weighted by Gasteiger charge is 2.24. The number of hydrogen-bond donors (Lipinski definition) is 1. The molecule has 0 aliphatic carbocycles. The van der Waals surface area contributed by atoms with Crippen molar-refractivity contribution in [1.29, 1.82) is 0 Å². The van der Waals surface area contributed by atoms with Gasteiger partial charge in [-0.3, -0.25) is 9.69 Å². The molecule has 1 aliphatic heterocycles. The highest BCUT2D eigenvalue weighted by molar-refractivity contribution is 5.77. The van der Waals surface area contributed by atoms with Crippen LogP contribution in [-0.4, -0.2) is 56.0 Å². The van der Waals surface area contributed by atoms with Crippen LogP contribution in [0, 0.1) is 12.8 Å². The van der Waals surface area contributed by atoms with Gasteiger partial charge in [0.25, 0.3) is 0 Å². The molecule has 5 nitrogen and oxygen atoms in total. The maximum absolute atomic E-state index is 12.2. The molecule has 1 unspecified atom stereocenters. The van der Waals surface area contributed by atoms with Crippen molar-refractivity contribution >= 4 is 5.91 Å². The summed E-state index contributed by atoms with van der Waals surface area (Å²) in [6, 6.07) is 3.86. The summed E-state index contributed by atoms with van der Waals surface area (Å²) < 4.78 is 5.51. The zero-order chi connectivity index (χ0) is 14.5. The Labute approximate surface area is 120 Å². The van der Waals surface area contributed by atoms with E-state index in [1.54, 1.807) is 4.90 Å². The number of aryl methyl sites for hydroxylation is 1. The number of carbonyl (C=O) groups excluding carboxylic acids is 1. The predicted octanol–water partition coefficient (Wildman–Crippen LogP) is 1.09. The predicted molar refractivity (Wildman–Crippen MR) is 78.4 cm³/mol. The zero-order valence-electron chi connectivity index (χ0n) is 12.7. The summed E-state index contributed by atoms with van der Waals surface area (Å²) in [6.07, 6.45) is 1.18. The molecule has 1 aromatic rings. The summed E-state index contributed by atoms with van der Waals surface area (Å²) in [5.74, 6) is 2.55. The van der Waals surface area contributed by atoms with Crippen LogP contribution in [0.4, 0.5) is 0 Å². The third kappa shape index (κ3) is 4.08. The first-order valence-corrected chi connectivity index (χ1v) is 7.24. The van der Waals surface area contributed by atoms with Crippen LogP contribution in [-0.2, 0) is 11.3 Å². The average Bonchev–Trinajstić information content (AvgIpc) is 2.99. The Morgan fingerprint density at radius 3 is 3.00 bits per heavy atom. The second-order valence-electron chi connectivity index (χ2n) is 5.71. The van der Waals surface area contributed by atoms with Crippen LogP contribution in [0.15, 0.2) is 16.5 Å². The van der Waals surface area contributed by atoms with E-state index >= 15 is 0 Å². The minimum atomic E-state index is 0.157. The molecule has 0 saturated carbocycles. The van der Waals surface area contributed by atoms with Crippen LogP contribution in [0.3, 0.4) is 0 Å². The van der Waals surface area contributed by atoms with Crippen LogP contribution >= 0.6 is 0 Å². The van der Waals surface area contributed by atoms with Crippen molar-refractivity contribution in [1.82, 2.24) is 15.1 Å². The second-order valence-corrected chi connectivity index (χ2v) is 5.71. The van der Waals surface area contributed by atoms with Crippen LogP contribution in [0.25, 0.3) is 0 Å². The van der Waals surface area contributed by atoms with Crippen LogP contribution in [0.5, 0.6) is 0 Å². The monoisotopic (exact) mass is 279 g/mol. The first kappa shape index (κ1) is 15.1. The van der Waals surface area contributed by atoms with E-state index in [4.69, 9.17) is 4.42 Å². The molecule has 5 heteroatoms. The van der Waals surface area contributed by atoms with E-state index in [0.717, 1.165) is 31.2 Å². The first-order valence-electron chi connectivity index (χ1n) is 7.24. The largest absolute Gasteiger partial charge is 0.464 e. The van der Waals surface area contributed by atoms with E-state index in [-0.39, 0.29) is 5.91 Å². The number of likely N-dealkylation sites (tertiary alicyclic amines) is 1. The lowest BCUT2D eigenvalue weighted by atomic mass is 10.1. The second kappa shape index (κ2) is 6.90. The SMILES string of the molecule is CNCC1CCN(CC(=O)N(C)Cc2ccc(C)o2)C1. The molecule has 1 aromatic heterocycles. The fraction of sp³-hybridized carbons (Fsp3) is 0.667. The Hall–Kier alpha value is -1.33. The normalized spacial score (nSPS) is 19.4. The van der Waals surface area contributed by atoms with Gasteiger partial charge >= 0.3 is 0 Å². The van der Waals surface area contributed by atoms with Crippen molar-refractivity contribution in [3.63, 3.8) is 0 Å². The molecule has 0 radical (unpaired) electrons. The van der Waals surface area contributed by atoms with Gasteiger partial charge in [-0.15, -0.1) is 0 Å². The van der Waals surface area contributed by atoms with E-state index in [9.17, 15) is 4.79 Å². The van der Waals surface area contributed by atoms with Gasteiger partial charge < -0.3 is 14.6 Å². The molecule has 20 heavy (non-hydrogen) atoms. The summed E-state index contributed by atoms with van der Waals surface area (Å²) in [7, 11) is 3.81. The highest BCUT2D eigenvalue weighted by Crippen LogP contribution is 2.15. The lowest BCUT2D eigenvalue weighted by molar-refractivity contribution is -0.131. The highest BCUT2D eigenvalue weighted by atomic mass is 16.3. The lowest BCUT2D eigenvalue weighted by Gasteiger charge is -2.21. The van der Waals surface area contributed by atoms with E-state index in [1.807, 2.05) is 33.2 Å². The number of nitrogens with zero attached hydrogens (tertiary/aromatic N) is 2. The van der Waals surface area contributed by atoms with Crippen LogP contribution in [0.1, 0.15) is 17.9 Å². The van der Waals surface area contributed by atoms with Gasteiger partial charge in [-0.25, -0.2) is 0 Å². The van der Waals surface area contributed by atoms with E-state index in [2.05, 4.69) is 10.2 Å². The Morgan fingerprint density at radius 2 is 2.35 bits per heavy atom. The number of carbonyl (C=O) groups is 1. The molecule has 1 aliphatic rings. The number of nitrogens with one attached hydrogen (secondary N) is 1. The van der Waals surface area contributed by atoms with Gasteiger partial charge in [-0.1, -0.05) is 0 Å². The molecule has 0 spiro atoms. The first-order chi connectivity index (χ1) is 9.58. The molecule has 0 aromatic carbocycles. The summed E-state index contributed by atoms with van der Waals surface area (Å²) in [5.41, 5.74) is 0. The third-order valence-corrected chi connectivity index (χ3v) is 3.84. The van der Waals surface area contributed by atoms with Crippen molar-refractivity contribution in [2.75, 3.05) is 40.3 Å². The summed E-state index contributed by atoms with van der Waals surface area (Å²) >= 11 is 0. The molecule has 112 valence electrons. The fourth-order valence-corrected chi connectivity index (χ4v) is 2.72. The number of amides is 1. The lowest BCUT2D eigenvalue weighted by Crippen LogP contribution is -2.37. The summed E-state index contributed by atoms with van der Waals surface area (Å²) in [6.45, 7) is 6.03. The van der Waals surface area contributed by atoms with Gasteiger partial charge in [-0.2, -0.15) is 0 Å². The Bertz CT molecular complexity index is 444. The molecule has 2 rings (SSSR count). The molecule has 2 heterocycles. The standard InChI is InChI=1S/C15H25N3O2/c1-12-4-5-14(20-12)10-17(3)15(19)11-18-7-6-13(9-18)8-16-2/h4-5,13,16H,6-11H2,1-3H3. The van der Waals surface area contributed by atoms with Crippen LogP contribution in [0.2, 0.25) is 0 Å². The van der Waals surface area contributed by atoms with Gasteiger partial charge in [-0.05, 0) is 51.5 Å². The molecule has 1 atom stereocenters. The van der Waals surface area contributed by atoms with E-state index in [0.29, 0.717) is 19.0 Å². The molecule has 0 bridgehead atoms. The van der Waals surface area contributed by atoms with Crippen molar-refractivity contribution in [3.8, 4) is 0 Å². The maximum atomic E-state index is 12.2. The Kier molecular flexibility index (Phi) is 5.20. The molecule has 1 N–H and O–H groups in total. The third-order valence-electron chi connectivity index (χ3n) is 3.84. The van der Waals surface area contributed by atoms with E-state index in [1.165, 1.54) is 6.42 Å². The van der Waals surface area contributed by atoms with E-state index < -0.39 is 0 Å². The van der Waals surface area contributed by atoms with Gasteiger partial charge in [0.15, 0.2) is 0 Å². The number of likely N-dealkylation sites (N-methyl/N-ethyl adjacent to an activating group) is 1. The Balaban J connectivity index is 1.77. The average molecular weight is 279 g/mol. The summed E-state index contributed by atoms with van der Waals surface area (Å²) in [5, 5.41) is 3.21. The minimum Gasteiger partial charge on any atom is -0.464 e. The summed E-state index contributed by atoms with van der Waals surface area (Å²) in [4.78, 5) is 16.2. The number of furan rings is 1. The molecule has 1 fully saturated rings. The minimum absolute atomic E-state index is 0.157. The molecule has 1 amide bonds. The topological polar surface area (TPSA) is 48.7 Å². The fourth-order valence-electron chi connectivity index (χ4n) is 2.72. The maximum Gasteiger partial charge on any atom is 0.236 e. The van der Waals surface area contributed by atoms with Crippen molar-refractivity contribution in [2.24, 2.45) is 5.92 Å². The Morgan fingerprint density at radius 1 is 1.55 bits per heavy atom. The molecular formula is C15H25N3O2. The van der Waals surface area contributed by atoms with Gasteiger partial charge in [0.05, 0.1) is 13.1 Å². The van der Waals surface area contributed by atoms with Crippen molar-refractivity contribution in [2.45, 2.75) is 19.9 Å². The van der Waals surface area contributed by atoms with Crippen LogP contribution < -0.4 is 5.32 Å². The van der Waals surface area contributed by atoms with Gasteiger partial charge in [0.2, 0.25) is 5.91 Å². The van der Waals surface area contributed by atoms with Crippen molar-refractivity contribution in [3.05, 3.63) is 23.7 Å². The van der Waals surface area contributed by atoms with Gasteiger partial charge in [0, 0.05) is 13.6 Å². The number of rotatable bonds is 6. The number of hydrogen-bond acceptors (Lipinski definition) is 4. The molecular weight excluding hydrogens is 254 g/mol. The molecule has 1 saturated heterocycles. The zero-order valence-corrected chi connectivity index (χ0v) is 12.7. The quantitative estimate of drug-likeness (QED) is 0.847. The van der Waals surface area contributed by atoms with Crippen molar-refractivity contribution < 1.29 is 9.21 Å².